The molecule has 0 saturated carbocycles. The zero-order valence-corrected chi connectivity index (χ0v) is 17.9. The van der Waals surface area contributed by atoms with Crippen LogP contribution in [0.1, 0.15) is 39.2 Å². The number of carbonyl (C=O) groups excluding carboxylic acids is 2. The maximum atomic E-state index is 12.4. The van der Waals surface area contributed by atoms with E-state index in [-0.39, 0.29) is 17.6 Å². The van der Waals surface area contributed by atoms with Gasteiger partial charge < -0.3 is 10.1 Å². The number of rotatable bonds is 6. The lowest BCUT2D eigenvalue weighted by molar-refractivity contribution is -0.113. The second-order valence-electron chi connectivity index (χ2n) is 6.15. The minimum atomic E-state index is -0.389. The number of hydrogen-bond acceptors (Lipinski definition) is 5. The first kappa shape index (κ1) is 20.5. The van der Waals surface area contributed by atoms with Crippen LogP contribution in [-0.2, 0) is 28.1 Å². The van der Waals surface area contributed by atoms with E-state index in [2.05, 4.69) is 5.32 Å². The fourth-order valence-electron chi connectivity index (χ4n) is 3.05. The fourth-order valence-corrected chi connectivity index (χ4v) is 5.91. The summed E-state index contributed by atoms with van der Waals surface area (Å²) in [5.74, 6) is 0.230. The SMILES string of the molecule is COC(=O)c1c(NC(=O)CSCc2c(Cl)cccc2Cl)sc2c1CCCC2. The molecule has 0 saturated heterocycles. The van der Waals surface area contributed by atoms with Crippen LogP contribution < -0.4 is 5.32 Å². The molecule has 0 fully saturated rings. The summed E-state index contributed by atoms with van der Waals surface area (Å²) in [5.41, 5.74) is 2.37. The van der Waals surface area contributed by atoms with Gasteiger partial charge in [-0.15, -0.1) is 23.1 Å². The molecule has 1 aliphatic carbocycles. The summed E-state index contributed by atoms with van der Waals surface area (Å²) in [5, 5.41) is 4.67. The molecule has 8 heteroatoms. The number of ether oxygens (including phenoxy) is 1. The number of benzene rings is 1. The molecule has 1 aliphatic rings. The van der Waals surface area contributed by atoms with Crippen molar-refractivity contribution in [2.24, 2.45) is 0 Å². The van der Waals surface area contributed by atoms with Crippen molar-refractivity contribution in [3.05, 3.63) is 49.8 Å². The van der Waals surface area contributed by atoms with E-state index in [1.807, 2.05) is 0 Å². The molecule has 0 unspecified atom stereocenters. The second kappa shape index (κ2) is 9.32. The largest absolute Gasteiger partial charge is 0.465 e. The Kier molecular flexibility index (Phi) is 7.09. The summed E-state index contributed by atoms with van der Waals surface area (Å²) in [6.45, 7) is 0. The summed E-state index contributed by atoms with van der Waals surface area (Å²) in [4.78, 5) is 25.8. The van der Waals surface area contributed by atoms with E-state index < -0.39 is 0 Å². The van der Waals surface area contributed by atoms with Crippen molar-refractivity contribution in [3.63, 3.8) is 0 Å². The number of halogens is 2. The van der Waals surface area contributed by atoms with Gasteiger partial charge in [0.05, 0.1) is 18.4 Å². The average molecular weight is 444 g/mol. The highest BCUT2D eigenvalue weighted by molar-refractivity contribution is 7.99. The summed E-state index contributed by atoms with van der Waals surface area (Å²) < 4.78 is 4.93. The number of esters is 1. The van der Waals surface area contributed by atoms with Crippen LogP contribution >= 0.6 is 46.3 Å². The van der Waals surface area contributed by atoms with E-state index in [1.54, 1.807) is 18.2 Å². The molecule has 144 valence electrons. The normalized spacial score (nSPS) is 13.1. The fraction of sp³-hybridized carbons (Fsp3) is 0.368. The van der Waals surface area contributed by atoms with Crippen LogP contribution in [0.15, 0.2) is 18.2 Å². The van der Waals surface area contributed by atoms with Crippen LogP contribution in [0, 0.1) is 0 Å². The Balaban J connectivity index is 1.66. The number of fused-ring (bicyclic) bond motifs is 1. The molecule has 0 bridgehead atoms. The molecular weight excluding hydrogens is 425 g/mol. The van der Waals surface area contributed by atoms with Crippen LogP contribution in [0.4, 0.5) is 5.00 Å². The predicted molar refractivity (Wildman–Crippen MR) is 114 cm³/mol. The van der Waals surface area contributed by atoms with E-state index in [0.717, 1.165) is 36.8 Å². The quantitative estimate of drug-likeness (QED) is 0.590. The van der Waals surface area contributed by atoms with Gasteiger partial charge in [-0.3, -0.25) is 4.79 Å². The third-order valence-electron chi connectivity index (χ3n) is 4.36. The monoisotopic (exact) mass is 443 g/mol. The van der Waals surface area contributed by atoms with E-state index in [1.165, 1.54) is 35.1 Å². The first-order chi connectivity index (χ1) is 13.0. The van der Waals surface area contributed by atoms with Crippen molar-refractivity contribution in [3.8, 4) is 0 Å². The van der Waals surface area contributed by atoms with Gasteiger partial charge in [-0.1, -0.05) is 29.3 Å². The zero-order chi connectivity index (χ0) is 19.4. The van der Waals surface area contributed by atoms with Crippen molar-refractivity contribution in [2.75, 3.05) is 18.2 Å². The highest BCUT2D eigenvalue weighted by Gasteiger charge is 2.26. The van der Waals surface area contributed by atoms with Gasteiger partial charge in [0, 0.05) is 20.7 Å². The number of hydrogen-bond donors (Lipinski definition) is 1. The number of nitrogens with one attached hydrogen (secondary N) is 1. The Morgan fingerprint density at radius 2 is 1.93 bits per heavy atom. The minimum absolute atomic E-state index is 0.160. The predicted octanol–water partition coefficient (Wildman–Crippen LogP) is 5.59. The van der Waals surface area contributed by atoms with E-state index in [0.29, 0.717) is 26.4 Å². The molecule has 1 amide bonds. The summed E-state index contributed by atoms with van der Waals surface area (Å²) in [6, 6.07) is 5.35. The molecule has 0 atom stereocenters. The summed E-state index contributed by atoms with van der Waals surface area (Å²) >= 11 is 15.2. The van der Waals surface area contributed by atoms with Crippen LogP contribution in [0.25, 0.3) is 0 Å². The average Bonchev–Trinajstić information content (AvgIpc) is 3.01. The van der Waals surface area contributed by atoms with Crippen molar-refractivity contribution >= 4 is 63.2 Å². The van der Waals surface area contributed by atoms with Gasteiger partial charge in [-0.25, -0.2) is 4.79 Å². The van der Waals surface area contributed by atoms with Gasteiger partial charge in [0.25, 0.3) is 0 Å². The van der Waals surface area contributed by atoms with Gasteiger partial charge in [-0.2, -0.15) is 0 Å². The number of aryl methyl sites for hydroxylation is 1. The van der Waals surface area contributed by atoms with Crippen LogP contribution in [0.2, 0.25) is 10.0 Å². The molecule has 0 radical (unpaired) electrons. The molecule has 1 heterocycles. The zero-order valence-electron chi connectivity index (χ0n) is 14.8. The first-order valence-electron chi connectivity index (χ1n) is 8.54. The Labute approximate surface area is 176 Å². The van der Waals surface area contributed by atoms with Crippen molar-refractivity contribution in [1.29, 1.82) is 0 Å². The number of methoxy groups -OCH3 is 1. The molecule has 3 rings (SSSR count). The van der Waals surface area contributed by atoms with Crippen LogP contribution in [0.3, 0.4) is 0 Å². The molecule has 0 aliphatic heterocycles. The standard InChI is InChI=1S/C19H19Cl2NO3S2/c1-25-19(24)17-11-5-2-3-8-15(11)27-18(17)22-16(23)10-26-9-12-13(20)6-4-7-14(12)21/h4,6-7H,2-3,5,8-10H2,1H3,(H,22,23). The highest BCUT2D eigenvalue weighted by atomic mass is 35.5. The molecule has 27 heavy (non-hydrogen) atoms. The van der Waals surface area contributed by atoms with E-state index in [9.17, 15) is 9.59 Å². The Morgan fingerprint density at radius 1 is 1.22 bits per heavy atom. The van der Waals surface area contributed by atoms with Gasteiger partial charge in [0.15, 0.2) is 0 Å². The summed E-state index contributed by atoms with van der Waals surface area (Å²) in [6.07, 6.45) is 3.96. The highest BCUT2D eigenvalue weighted by Crippen LogP contribution is 2.38. The maximum absolute atomic E-state index is 12.4. The smallest absolute Gasteiger partial charge is 0.341 e. The first-order valence-corrected chi connectivity index (χ1v) is 11.3. The Bertz CT molecular complexity index is 847. The third-order valence-corrected chi connectivity index (χ3v) is 7.23. The minimum Gasteiger partial charge on any atom is -0.465 e. The van der Waals surface area contributed by atoms with Gasteiger partial charge >= 0.3 is 5.97 Å². The second-order valence-corrected chi connectivity index (χ2v) is 9.05. The topological polar surface area (TPSA) is 55.4 Å². The van der Waals surface area contributed by atoms with Crippen molar-refractivity contribution in [2.45, 2.75) is 31.4 Å². The number of thioether (sulfide) groups is 1. The molecule has 4 nitrogen and oxygen atoms in total. The Morgan fingerprint density at radius 3 is 2.63 bits per heavy atom. The molecule has 1 N–H and O–H groups in total. The molecular formula is C19H19Cl2NO3S2. The van der Waals surface area contributed by atoms with Crippen LogP contribution in [0.5, 0.6) is 0 Å². The lowest BCUT2D eigenvalue weighted by Gasteiger charge is -2.11. The van der Waals surface area contributed by atoms with Gasteiger partial charge in [-0.05, 0) is 48.9 Å². The maximum Gasteiger partial charge on any atom is 0.341 e. The number of carbonyl (C=O) groups is 2. The van der Waals surface area contributed by atoms with Gasteiger partial charge in [0.2, 0.25) is 5.91 Å². The van der Waals surface area contributed by atoms with Crippen molar-refractivity contribution < 1.29 is 14.3 Å². The number of thiophene rings is 1. The molecule has 0 spiro atoms. The number of anilines is 1. The van der Waals surface area contributed by atoms with E-state index in [4.69, 9.17) is 27.9 Å². The van der Waals surface area contributed by atoms with E-state index >= 15 is 0 Å². The molecule has 1 aromatic carbocycles. The van der Waals surface area contributed by atoms with Gasteiger partial charge in [0.1, 0.15) is 5.00 Å². The Hall–Kier alpha value is -1.21. The number of amides is 1. The summed E-state index contributed by atoms with van der Waals surface area (Å²) in [7, 11) is 1.37. The molecule has 1 aromatic heterocycles. The third kappa shape index (κ3) is 4.80. The lowest BCUT2D eigenvalue weighted by atomic mass is 9.95. The van der Waals surface area contributed by atoms with Crippen molar-refractivity contribution in [1.82, 2.24) is 0 Å². The van der Waals surface area contributed by atoms with Crippen LogP contribution in [-0.4, -0.2) is 24.7 Å². The lowest BCUT2D eigenvalue weighted by Crippen LogP contribution is -2.16. The molecule has 2 aromatic rings.